The number of pyridine rings is 1. The van der Waals surface area contributed by atoms with E-state index in [-0.39, 0.29) is 17.9 Å². The van der Waals surface area contributed by atoms with Crippen LogP contribution in [0, 0.1) is 0 Å². The molecule has 1 aromatic carbocycles. The van der Waals surface area contributed by atoms with Crippen molar-refractivity contribution in [2.24, 2.45) is 0 Å². The van der Waals surface area contributed by atoms with Crippen LogP contribution >= 0.6 is 11.8 Å². The number of carbonyl (C=O) groups excluding carboxylic acids is 2. The molecule has 1 aliphatic heterocycles. The Bertz CT molecular complexity index is 877. The average molecular weight is 382 g/mol. The highest BCUT2D eigenvalue weighted by molar-refractivity contribution is 7.99. The molecule has 0 saturated heterocycles. The predicted octanol–water partition coefficient (Wildman–Crippen LogP) is 4.28. The lowest BCUT2D eigenvalue weighted by molar-refractivity contribution is 0.0937. The summed E-state index contributed by atoms with van der Waals surface area (Å²) in [6.07, 6.45) is 7.03. The molecule has 27 heavy (non-hydrogen) atoms. The number of nitrogens with one attached hydrogen (secondary N) is 1. The molecule has 2 aliphatic rings. The monoisotopic (exact) mass is 381 g/mol. The van der Waals surface area contributed by atoms with E-state index in [2.05, 4.69) is 17.2 Å². The van der Waals surface area contributed by atoms with Crippen LogP contribution in [0.2, 0.25) is 0 Å². The molecule has 140 valence electrons. The van der Waals surface area contributed by atoms with Gasteiger partial charge in [-0.2, -0.15) is 0 Å². The summed E-state index contributed by atoms with van der Waals surface area (Å²) in [5.74, 6) is -0.0708. The highest BCUT2D eigenvalue weighted by atomic mass is 32.2. The topological polar surface area (TPSA) is 62.3 Å². The maximum Gasteiger partial charge on any atom is 0.261 e. The first-order chi connectivity index (χ1) is 13.2. The van der Waals surface area contributed by atoms with E-state index in [4.69, 9.17) is 0 Å². The number of rotatable bonds is 4. The molecular weight excluding hydrogens is 358 g/mol. The molecule has 4 rings (SSSR count). The Balaban J connectivity index is 1.70. The Kier molecular flexibility index (Phi) is 5.16. The van der Waals surface area contributed by atoms with Gasteiger partial charge in [-0.3, -0.25) is 9.59 Å². The zero-order valence-corrected chi connectivity index (χ0v) is 16.2. The standard InChI is InChI=1S/C21H23N3O2S/c1-2-12-24-17-10-9-14(19(25)23-15-6-3-4-7-15)13-18(17)27-20-16(21(24)26)8-5-11-22-20/h5,8-11,13,15H,2-4,6-7,12H2,1H3,(H,23,25). The first kappa shape index (κ1) is 18.0. The first-order valence-corrected chi connectivity index (χ1v) is 10.4. The molecule has 0 atom stereocenters. The first-order valence-electron chi connectivity index (χ1n) is 9.57. The van der Waals surface area contributed by atoms with Crippen molar-refractivity contribution in [3.05, 3.63) is 47.7 Å². The maximum atomic E-state index is 13.0. The number of amides is 2. The lowest BCUT2D eigenvalue weighted by Gasteiger charge is -2.22. The van der Waals surface area contributed by atoms with Gasteiger partial charge < -0.3 is 10.2 Å². The van der Waals surface area contributed by atoms with Crippen LogP contribution in [0.5, 0.6) is 0 Å². The summed E-state index contributed by atoms with van der Waals surface area (Å²) in [6.45, 7) is 2.69. The molecule has 1 N–H and O–H groups in total. The number of nitrogens with zero attached hydrogens (tertiary/aromatic N) is 2. The smallest absolute Gasteiger partial charge is 0.261 e. The lowest BCUT2D eigenvalue weighted by Crippen LogP contribution is -2.33. The van der Waals surface area contributed by atoms with E-state index in [0.29, 0.717) is 22.7 Å². The van der Waals surface area contributed by atoms with Crippen LogP contribution in [-0.4, -0.2) is 29.4 Å². The van der Waals surface area contributed by atoms with Crippen molar-refractivity contribution >= 4 is 29.3 Å². The van der Waals surface area contributed by atoms with Gasteiger partial charge in [0.25, 0.3) is 11.8 Å². The van der Waals surface area contributed by atoms with Gasteiger partial charge in [0.05, 0.1) is 11.3 Å². The highest BCUT2D eigenvalue weighted by Gasteiger charge is 2.28. The zero-order chi connectivity index (χ0) is 18.8. The van der Waals surface area contributed by atoms with Crippen molar-refractivity contribution in [2.45, 2.75) is 55.0 Å². The van der Waals surface area contributed by atoms with Crippen LogP contribution in [0.25, 0.3) is 0 Å². The minimum Gasteiger partial charge on any atom is -0.349 e. The average Bonchev–Trinajstić information content (AvgIpc) is 3.15. The van der Waals surface area contributed by atoms with E-state index in [1.807, 2.05) is 24.3 Å². The lowest BCUT2D eigenvalue weighted by atomic mass is 10.1. The van der Waals surface area contributed by atoms with E-state index >= 15 is 0 Å². The van der Waals surface area contributed by atoms with Crippen molar-refractivity contribution in [1.29, 1.82) is 0 Å². The number of aromatic nitrogens is 1. The number of benzene rings is 1. The summed E-state index contributed by atoms with van der Waals surface area (Å²) in [5.41, 5.74) is 2.10. The fourth-order valence-corrected chi connectivity index (χ4v) is 4.79. The van der Waals surface area contributed by atoms with Gasteiger partial charge in [0.2, 0.25) is 0 Å². The molecule has 5 nitrogen and oxygen atoms in total. The number of carbonyl (C=O) groups is 2. The second kappa shape index (κ2) is 7.72. The number of hydrogen-bond donors (Lipinski definition) is 1. The molecular formula is C21H23N3O2S. The van der Waals surface area contributed by atoms with Crippen LogP contribution in [0.3, 0.4) is 0 Å². The number of anilines is 1. The Morgan fingerprint density at radius 2 is 2.11 bits per heavy atom. The maximum absolute atomic E-state index is 13.0. The molecule has 1 saturated carbocycles. The minimum atomic E-state index is -0.0378. The van der Waals surface area contributed by atoms with Crippen LogP contribution < -0.4 is 10.2 Å². The number of hydrogen-bond acceptors (Lipinski definition) is 4. The van der Waals surface area contributed by atoms with Crippen molar-refractivity contribution in [3.8, 4) is 0 Å². The highest BCUT2D eigenvalue weighted by Crippen LogP contribution is 2.40. The second-order valence-corrected chi connectivity index (χ2v) is 8.08. The van der Waals surface area contributed by atoms with Gasteiger partial charge in [-0.25, -0.2) is 4.98 Å². The molecule has 0 spiro atoms. The summed E-state index contributed by atoms with van der Waals surface area (Å²) < 4.78 is 0. The fraction of sp³-hybridized carbons (Fsp3) is 0.381. The molecule has 6 heteroatoms. The summed E-state index contributed by atoms with van der Waals surface area (Å²) in [6, 6.07) is 9.50. The third-order valence-corrected chi connectivity index (χ3v) is 6.17. The molecule has 1 aliphatic carbocycles. The van der Waals surface area contributed by atoms with E-state index < -0.39 is 0 Å². The van der Waals surface area contributed by atoms with Gasteiger partial charge in [0.15, 0.2) is 0 Å². The van der Waals surface area contributed by atoms with E-state index in [9.17, 15) is 9.59 Å². The SMILES string of the molecule is CCCN1C(=O)c2cccnc2Sc2cc(C(=O)NC3CCCC3)ccc21. The van der Waals surface area contributed by atoms with Crippen LogP contribution in [-0.2, 0) is 0 Å². The van der Waals surface area contributed by atoms with Crippen molar-refractivity contribution in [3.63, 3.8) is 0 Å². The summed E-state index contributed by atoms with van der Waals surface area (Å²) in [4.78, 5) is 32.8. The molecule has 0 unspecified atom stereocenters. The van der Waals surface area contributed by atoms with E-state index in [1.165, 1.54) is 24.6 Å². The van der Waals surface area contributed by atoms with Crippen molar-refractivity contribution < 1.29 is 9.59 Å². The van der Waals surface area contributed by atoms with Crippen LogP contribution in [0.15, 0.2) is 46.5 Å². The Morgan fingerprint density at radius 1 is 1.30 bits per heavy atom. The van der Waals surface area contributed by atoms with Gasteiger partial charge in [0, 0.05) is 29.2 Å². The normalized spacial score (nSPS) is 16.6. The summed E-state index contributed by atoms with van der Waals surface area (Å²) in [7, 11) is 0. The van der Waals surface area contributed by atoms with Crippen LogP contribution in [0.1, 0.15) is 59.7 Å². The molecule has 0 bridgehead atoms. The van der Waals surface area contributed by atoms with Crippen molar-refractivity contribution in [2.75, 3.05) is 11.4 Å². The molecule has 2 aromatic rings. The molecule has 1 fully saturated rings. The minimum absolute atomic E-state index is 0.0330. The fourth-order valence-electron chi connectivity index (χ4n) is 3.74. The van der Waals surface area contributed by atoms with Crippen LogP contribution in [0.4, 0.5) is 5.69 Å². The van der Waals surface area contributed by atoms with E-state index in [1.54, 1.807) is 17.2 Å². The van der Waals surface area contributed by atoms with Gasteiger partial charge in [-0.1, -0.05) is 31.5 Å². The summed E-state index contributed by atoms with van der Waals surface area (Å²) in [5, 5.41) is 3.83. The van der Waals surface area contributed by atoms with Gasteiger partial charge in [0.1, 0.15) is 5.03 Å². The Labute approximate surface area is 163 Å². The second-order valence-electron chi connectivity index (χ2n) is 7.05. The summed E-state index contributed by atoms with van der Waals surface area (Å²) >= 11 is 1.46. The Morgan fingerprint density at radius 3 is 2.89 bits per heavy atom. The molecule has 0 radical (unpaired) electrons. The largest absolute Gasteiger partial charge is 0.349 e. The van der Waals surface area contributed by atoms with Crippen molar-refractivity contribution in [1.82, 2.24) is 10.3 Å². The number of fused-ring (bicyclic) bond motifs is 2. The molecule has 2 amide bonds. The van der Waals surface area contributed by atoms with Gasteiger partial charge >= 0.3 is 0 Å². The quantitative estimate of drug-likeness (QED) is 0.859. The zero-order valence-electron chi connectivity index (χ0n) is 15.4. The predicted molar refractivity (Wildman–Crippen MR) is 106 cm³/mol. The van der Waals surface area contributed by atoms with Gasteiger partial charge in [-0.15, -0.1) is 0 Å². The molecule has 1 aromatic heterocycles. The third kappa shape index (κ3) is 3.58. The Hall–Kier alpha value is -2.34. The third-order valence-electron chi connectivity index (χ3n) is 5.10. The molecule has 2 heterocycles. The van der Waals surface area contributed by atoms with Gasteiger partial charge in [-0.05, 0) is 49.6 Å². The van der Waals surface area contributed by atoms with E-state index in [0.717, 1.165) is 29.8 Å².